The van der Waals surface area contributed by atoms with Crippen LogP contribution in [0.4, 0.5) is 0 Å². The van der Waals surface area contributed by atoms with Crippen molar-refractivity contribution in [3.8, 4) is 5.75 Å². The minimum atomic E-state index is -0.434. The molecule has 4 heteroatoms. The number of esters is 1. The fraction of sp³-hybridized carbons (Fsp3) is 0. The Balaban J connectivity index is 2.12. The standard InChI is InChI=1S/C11H8N2O2/c14-11(9-3-1-5-12-7-9)15-10-4-2-6-13-8-10/h1-8H. The molecule has 2 rings (SSSR count). The predicted octanol–water partition coefficient (Wildman–Crippen LogP) is 1.70. The smallest absolute Gasteiger partial charge is 0.345 e. The molecular formula is C11H8N2O2. The lowest BCUT2D eigenvalue weighted by atomic mass is 10.3. The summed E-state index contributed by atoms with van der Waals surface area (Å²) in [4.78, 5) is 19.2. The Labute approximate surface area is 86.6 Å². The molecule has 2 aromatic rings. The molecule has 0 aliphatic rings. The van der Waals surface area contributed by atoms with Crippen LogP contribution in [0.1, 0.15) is 10.4 Å². The van der Waals surface area contributed by atoms with E-state index in [1.165, 1.54) is 12.4 Å². The third-order valence-electron chi connectivity index (χ3n) is 1.74. The highest BCUT2D eigenvalue weighted by Crippen LogP contribution is 2.09. The van der Waals surface area contributed by atoms with E-state index in [2.05, 4.69) is 9.97 Å². The molecular weight excluding hydrogens is 192 g/mol. The van der Waals surface area contributed by atoms with Gasteiger partial charge in [-0.25, -0.2) is 4.79 Å². The largest absolute Gasteiger partial charge is 0.421 e. The first kappa shape index (κ1) is 9.33. The Morgan fingerprint density at radius 3 is 2.40 bits per heavy atom. The van der Waals surface area contributed by atoms with Crippen LogP contribution in [0.5, 0.6) is 5.75 Å². The molecule has 0 aliphatic heterocycles. The van der Waals surface area contributed by atoms with Crippen molar-refractivity contribution in [1.29, 1.82) is 0 Å². The van der Waals surface area contributed by atoms with Crippen molar-refractivity contribution in [2.45, 2.75) is 0 Å². The molecule has 0 bridgehead atoms. The van der Waals surface area contributed by atoms with E-state index >= 15 is 0 Å². The summed E-state index contributed by atoms with van der Waals surface area (Å²) in [6.07, 6.45) is 6.15. The van der Waals surface area contributed by atoms with E-state index in [4.69, 9.17) is 4.74 Å². The van der Waals surface area contributed by atoms with E-state index in [1.54, 1.807) is 36.7 Å². The Kier molecular flexibility index (Phi) is 2.69. The van der Waals surface area contributed by atoms with E-state index in [9.17, 15) is 4.79 Å². The van der Waals surface area contributed by atoms with Gasteiger partial charge in [-0.3, -0.25) is 9.97 Å². The van der Waals surface area contributed by atoms with Gasteiger partial charge in [-0.15, -0.1) is 0 Å². The SMILES string of the molecule is O=C(Oc1cccnc1)c1cccnc1. The van der Waals surface area contributed by atoms with Crippen molar-refractivity contribution in [1.82, 2.24) is 9.97 Å². The molecule has 2 aromatic heterocycles. The molecule has 0 fully saturated rings. The highest BCUT2D eigenvalue weighted by atomic mass is 16.5. The molecule has 2 heterocycles. The van der Waals surface area contributed by atoms with Gasteiger partial charge in [0.2, 0.25) is 0 Å². The van der Waals surface area contributed by atoms with E-state index in [0.29, 0.717) is 11.3 Å². The van der Waals surface area contributed by atoms with Crippen LogP contribution in [0.2, 0.25) is 0 Å². The number of carbonyl (C=O) groups is 1. The molecule has 0 radical (unpaired) electrons. The zero-order valence-electron chi connectivity index (χ0n) is 7.83. The van der Waals surface area contributed by atoms with Crippen molar-refractivity contribution in [3.05, 3.63) is 54.6 Å². The molecule has 15 heavy (non-hydrogen) atoms. The quantitative estimate of drug-likeness (QED) is 0.692. The average molecular weight is 200 g/mol. The van der Waals surface area contributed by atoms with E-state index in [1.807, 2.05) is 0 Å². The zero-order valence-corrected chi connectivity index (χ0v) is 7.83. The molecule has 0 unspecified atom stereocenters. The van der Waals surface area contributed by atoms with Gasteiger partial charge in [0.25, 0.3) is 0 Å². The third kappa shape index (κ3) is 2.37. The molecule has 0 aliphatic carbocycles. The van der Waals surface area contributed by atoms with Crippen LogP contribution in [0.25, 0.3) is 0 Å². The van der Waals surface area contributed by atoms with E-state index < -0.39 is 5.97 Å². The lowest BCUT2D eigenvalue weighted by molar-refractivity contribution is 0.0733. The maximum absolute atomic E-state index is 11.5. The second-order valence-electron chi connectivity index (χ2n) is 2.82. The van der Waals surface area contributed by atoms with Crippen LogP contribution in [-0.4, -0.2) is 15.9 Å². The van der Waals surface area contributed by atoms with Gasteiger partial charge in [0, 0.05) is 18.6 Å². The molecule has 0 saturated heterocycles. The molecule has 0 amide bonds. The monoisotopic (exact) mass is 200 g/mol. The number of hydrogen-bond donors (Lipinski definition) is 0. The second-order valence-corrected chi connectivity index (χ2v) is 2.82. The van der Waals surface area contributed by atoms with Crippen LogP contribution in [-0.2, 0) is 0 Å². The normalized spacial score (nSPS) is 9.60. The second kappa shape index (κ2) is 4.32. The number of nitrogens with zero attached hydrogens (tertiary/aromatic N) is 2. The zero-order chi connectivity index (χ0) is 10.5. The lowest BCUT2D eigenvalue weighted by Gasteiger charge is -2.02. The average Bonchev–Trinajstić information content (AvgIpc) is 2.31. The van der Waals surface area contributed by atoms with Gasteiger partial charge in [0.05, 0.1) is 11.8 Å². The van der Waals surface area contributed by atoms with E-state index in [0.717, 1.165) is 0 Å². The maximum atomic E-state index is 11.5. The first-order valence-corrected chi connectivity index (χ1v) is 4.38. The van der Waals surface area contributed by atoms with Crippen molar-refractivity contribution in [2.24, 2.45) is 0 Å². The minimum Gasteiger partial charge on any atom is -0.421 e. The molecule has 0 saturated carbocycles. The number of ether oxygens (including phenoxy) is 1. The summed E-state index contributed by atoms with van der Waals surface area (Å²) in [5.41, 5.74) is 0.418. The van der Waals surface area contributed by atoms with Crippen molar-refractivity contribution in [3.63, 3.8) is 0 Å². The summed E-state index contributed by atoms with van der Waals surface area (Å²) < 4.78 is 5.06. The summed E-state index contributed by atoms with van der Waals surface area (Å²) in [5.74, 6) is -0.0116. The van der Waals surface area contributed by atoms with Gasteiger partial charge in [-0.05, 0) is 24.3 Å². The predicted molar refractivity (Wildman–Crippen MR) is 53.4 cm³/mol. The number of aromatic nitrogens is 2. The third-order valence-corrected chi connectivity index (χ3v) is 1.74. The minimum absolute atomic E-state index is 0.418. The van der Waals surface area contributed by atoms with Gasteiger partial charge in [0.15, 0.2) is 0 Å². The van der Waals surface area contributed by atoms with Crippen molar-refractivity contribution >= 4 is 5.97 Å². The fourth-order valence-corrected chi connectivity index (χ4v) is 1.06. The number of pyridine rings is 2. The van der Waals surface area contributed by atoms with Crippen molar-refractivity contribution in [2.75, 3.05) is 0 Å². The molecule has 4 nitrogen and oxygen atoms in total. The summed E-state index contributed by atoms with van der Waals surface area (Å²) >= 11 is 0. The molecule has 0 N–H and O–H groups in total. The Morgan fingerprint density at radius 1 is 1.07 bits per heavy atom. The van der Waals surface area contributed by atoms with Crippen molar-refractivity contribution < 1.29 is 9.53 Å². The summed E-state index contributed by atoms with van der Waals surface area (Å²) in [6.45, 7) is 0. The first-order valence-electron chi connectivity index (χ1n) is 4.38. The highest BCUT2D eigenvalue weighted by Gasteiger charge is 2.07. The Morgan fingerprint density at radius 2 is 1.80 bits per heavy atom. The lowest BCUT2D eigenvalue weighted by Crippen LogP contribution is -2.08. The topological polar surface area (TPSA) is 52.1 Å². The first-order chi connectivity index (χ1) is 7.36. The Bertz CT molecular complexity index is 443. The van der Waals surface area contributed by atoms with Gasteiger partial charge in [-0.1, -0.05) is 0 Å². The molecule has 0 spiro atoms. The van der Waals surface area contributed by atoms with Gasteiger partial charge in [0.1, 0.15) is 5.75 Å². The number of hydrogen-bond acceptors (Lipinski definition) is 4. The Hall–Kier alpha value is -2.23. The summed E-state index contributed by atoms with van der Waals surface area (Å²) in [6, 6.07) is 6.69. The molecule has 0 atom stereocenters. The summed E-state index contributed by atoms with van der Waals surface area (Å²) in [7, 11) is 0. The van der Waals surface area contributed by atoms with Gasteiger partial charge >= 0.3 is 5.97 Å². The fourth-order valence-electron chi connectivity index (χ4n) is 1.06. The van der Waals surface area contributed by atoms with Gasteiger partial charge < -0.3 is 4.74 Å². The highest BCUT2D eigenvalue weighted by molar-refractivity contribution is 5.90. The number of rotatable bonds is 2. The molecule has 74 valence electrons. The van der Waals surface area contributed by atoms with Crippen LogP contribution in [0, 0.1) is 0 Å². The maximum Gasteiger partial charge on any atom is 0.345 e. The van der Waals surface area contributed by atoms with Crippen LogP contribution in [0.3, 0.4) is 0 Å². The molecule has 0 aromatic carbocycles. The van der Waals surface area contributed by atoms with E-state index in [-0.39, 0.29) is 0 Å². The summed E-state index contributed by atoms with van der Waals surface area (Å²) in [5, 5.41) is 0. The van der Waals surface area contributed by atoms with Gasteiger partial charge in [-0.2, -0.15) is 0 Å². The van der Waals surface area contributed by atoms with Crippen LogP contribution in [0.15, 0.2) is 49.1 Å². The number of carbonyl (C=O) groups excluding carboxylic acids is 1. The van der Waals surface area contributed by atoms with Crippen LogP contribution >= 0.6 is 0 Å². The van der Waals surface area contributed by atoms with Crippen LogP contribution < -0.4 is 4.74 Å².